The maximum absolute atomic E-state index is 5.36. The summed E-state index contributed by atoms with van der Waals surface area (Å²) in [6.07, 6.45) is 0.884. The topological polar surface area (TPSA) is 45.7 Å². The van der Waals surface area contributed by atoms with E-state index in [1.807, 2.05) is 18.2 Å². The molecule has 22 heavy (non-hydrogen) atoms. The number of thiophene rings is 1. The van der Waals surface area contributed by atoms with Crippen molar-refractivity contribution in [2.24, 2.45) is 4.99 Å². The van der Waals surface area contributed by atoms with Gasteiger partial charge in [0.25, 0.3) is 0 Å². The molecule has 0 atom stereocenters. The number of guanidine groups is 1. The quantitative estimate of drug-likeness (QED) is 0.595. The van der Waals surface area contributed by atoms with Crippen LogP contribution >= 0.6 is 27.3 Å². The maximum atomic E-state index is 5.36. The van der Waals surface area contributed by atoms with Crippen molar-refractivity contribution >= 4 is 33.2 Å². The first-order chi connectivity index (χ1) is 10.7. The van der Waals surface area contributed by atoms with Crippen molar-refractivity contribution in [3.8, 4) is 5.75 Å². The number of benzene rings is 1. The highest BCUT2D eigenvalue weighted by Crippen LogP contribution is 2.19. The van der Waals surface area contributed by atoms with Crippen LogP contribution in [0.15, 0.2) is 45.2 Å². The summed E-state index contributed by atoms with van der Waals surface area (Å²) >= 11 is 5.18. The third-order valence-electron chi connectivity index (χ3n) is 3.15. The Morgan fingerprint density at radius 1 is 1.32 bits per heavy atom. The molecule has 0 aliphatic rings. The number of rotatable bonds is 6. The van der Waals surface area contributed by atoms with E-state index in [4.69, 9.17) is 4.74 Å². The second-order valence-electron chi connectivity index (χ2n) is 4.65. The molecule has 6 heteroatoms. The number of halogens is 1. The molecule has 1 aromatic heterocycles. The minimum atomic E-state index is 0.768. The fourth-order valence-electron chi connectivity index (χ4n) is 2.06. The average Bonchev–Trinajstić information content (AvgIpc) is 2.96. The molecule has 0 fully saturated rings. The first-order valence-electron chi connectivity index (χ1n) is 7.02. The molecule has 2 rings (SSSR count). The van der Waals surface area contributed by atoms with Gasteiger partial charge in [-0.15, -0.1) is 11.3 Å². The highest BCUT2D eigenvalue weighted by atomic mass is 79.9. The summed E-state index contributed by atoms with van der Waals surface area (Å²) in [5, 5.41) is 8.71. The second-order valence-corrected chi connectivity index (χ2v) is 6.56. The molecule has 4 nitrogen and oxygen atoms in total. The lowest BCUT2D eigenvalue weighted by atomic mass is 10.1. The van der Waals surface area contributed by atoms with Crippen molar-refractivity contribution in [1.82, 2.24) is 10.6 Å². The van der Waals surface area contributed by atoms with Crippen LogP contribution in [-0.4, -0.2) is 26.7 Å². The lowest BCUT2D eigenvalue weighted by molar-refractivity contribution is 0.409. The number of nitrogens with zero attached hydrogens (tertiary/aromatic N) is 1. The monoisotopic (exact) mass is 381 g/mol. The van der Waals surface area contributed by atoms with Gasteiger partial charge in [0.05, 0.1) is 13.7 Å². The summed E-state index contributed by atoms with van der Waals surface area (Å²) in [6, 6.07) is 10.2. The summed E-state index contributed by atoms with van der Waals surface area (Å²) in [6.45, 7) is 1.57. The van der Waals surface area contributed by atoms with Crippen molar-refractivity contribution in [2.75, 3.05) is 20.7 Å². The van der Waals surface area contributed by atoms with Crippen LogP contribution < -0.4 is 15.4 Å². The molecule has 0 radical (unpaired) electrons. The lowest BCUT2D eigenvalue weighted by Gasteiger charge is -2.12. The van der Waals surface area contributed by atoms with Crippen LogP contribution in [0.25, 0.3) is 0 Å². The third kappa shape index (κ3) is 5.03. The van der Waals surface area contributed by atoms with Crippen molar-refractivity contribution in [3.63, 3.8) is 0 Å². The van der Waals surface area contributed by atoms with E-state index < -0.39 is 0 Å². The smallest absolute Gasteiger partial charge is 0.191 e. The molecule has 0 bridgehead atoms. The van der Waals surface area contributed by atoms with E-state index in [-0.39, 0.29) is 0 Å². The zero-order valence-electron chi connectivity index (χ0n) is 12.7. The number of hydrogen-bond donors (Lipinski definition) is 2. The molecule has 0 aliphatic heterocycles. The molecule has 0 spiro atoms. The molecule has 0 saturated heterocycles. The molecule has 1 heterocycles. The van der Waals surface area contributed by atoms with Gasteiger partial charge in [0.2, 0.25) is 0 Å². The Labute approximate surface area is 143 Å². The van der Waals surface area contributed by atoms with Crippen LogP contribution in [0.4, 0.5) is 0 Å². The van der Waals surface area contributed by atoms with E-state index in [1.165, 1.54) is 10.4 Å². The Hall–Kier alpha value is -1.53. The number of hydrogen-bond acceptors (Lipinski definition) is 3. The van der Waals surface area contributed by atoms with Gasteiger partial charge in [-0.05, 0) is 40.0 Å². The maximum Gasteiger partial charge on any atom is 0.191 e. The van der Waals surface area contributed by atoms with Gasteiger partial charge in [-0.3, -0.25) is 4.99 Å². The average molecular weight is 382 g/mol. The van der Waals surface area contributed by atoms with Gasteiger partial charge in [0.1, 0.15) is 5.75 Å². The van der Waals surface area contributed by atoms with Crippen molar-refractivity contribution in [1.29, 1.82) is 0 Å². The summed E-state index contributed by atoms with van der Waals surface area (Å²) in [4.78, 5) is 5.50. The van der Waals surface area contributed by atoms with E-state index in [0.29, 0.717) is 0 Å². The van der Waals surface area contributed by atoms with Gasteiger partial charge in [-0.1, -0.05) is 18.2 Å². The highest BCUT2D eigenvalue weighted by Gasteiger charge is 2.03. The molecule has 1 aromatic carbocycles. The van der Waals surface area contributed by atoms with Crippen LogP contribution in [-0.2, 0) is 13.0 Å². The predicted molar refractivity (Wildman–Crippen MR) is 96.9 cm³/mol. The van der Waals surface area contributed by atoms with Crippen LogP contribution in [0.5, 0.6) is 5.75 Å². The number of nitrogens with one attached hydrogen (secondary N) is 2. The molecule has 0 aliphatic carbocycles. The fraction of sp³-hybridized carbons (Fsp3) is 0.312. The van der Waals surface area contributed by atoms with Gasteiger partial charge in [-0.2, -0.15) is 0 Å². The Kier molecular flexibility index (Phi) is 6.74. The van der Waals surface area contributed by atoms with E-state index in [9.17, 15) is 0 Å². The zero-order chi connectivity index (χ0) is 15.8. The molecule has 2 N–H and O–H groups in total. The molecule has 0 saturated carbocycles. The van der Waals surface area contributed by atoms with Crippen LogP contribution in [0.2, 0.25) is 0 Å². The summed E-state index contributed by atoms with van der Waals surface area (Å²) in [7, 11) is 3.48. The van der Waals surface area contributed by atoms with Crippen LogP contribution in [0.1, 0.15) is 10.4 Å². The normalized spacial score (nSPS) is 11.3. The van der Waals surface area contributed by atoms with Crippen molar-refractivity contribution in [2.45, 2.75) is 13.0 Å². The number of ether oxygens (including phenoxy) is 1. The standard InChI is InChI=1S/C16H20BrN3OS/c1-18-16(20-10-14-9-13(17)11-22-14)19-8-7-12-5-3-4-6-15(12)21-2/h3-6,9,11H,7-8,10H2,1-2H3,(H2,18,19,20). The summed E-state index contributed by atoms with van der Waals surface area (Å²) < 4.78 is 6.48. The number of para-hydroxylation sites is 1. The fourth-order valence-corrected chi connectivity index (χ4v) is 3.45. The Morgan fingerprint density at radius 2 is 2.14 bits per heavy atom. The molecule has 0 amide bonds. The number of methoxy groups -OCH3 is 1. The van der Waals surface area contributed by atoms with E-state index in [2.05, 4.69) is 49.1 Å². The van der Waals surface area contributed by atoms with Gasteiger partial charge >= 0.3 is 0 Å². The largest absolute Gasteiger partial charge is 0.496 e. The second kappa shape index (κ2) is 8.80. The highest BCUT2D eigenvalue weighted by molar-refractivity contribution is 9.10. The van der Waals surface area contributed by atoms with Gasteiger partial charge in [0, 0.05) is 28.3 Å². The van der Waals surface area contributed by atoms with Gasteiger partial charge in [-0.25, -0.2) is 0 Å². The summed E-state index contributed by atoms with van der Waals surface area (Å²) in [5.41, 5.74) is 1.19. The lowest BCUT2D eigenvalue weighted by Crippen LogP contribution is -2.37. The molecule has 118 valence electrons. The molecular formula is C16H20BrN3OS. The predicted octanol–water partition coefficient (Wildman–Crippen LogP) is 3.43. The van der Waals surface area contributed by atoms with Crippen LogP contribution in [0, 0.1) is 0 Å². The first-order valence-corrected chi connectivity index (χ1v) is 8.69. The third-order valence-corrected chi connectivity index (χ3v) is 4.85. The minimum Gasteiger partial charge on any atom is -0.496 e. The van der Waals surface area contributed by atoms with Crippen molar-refractivity contribution in [3.05, 3.63) is 50.6 Å². The Balaban J connectivity index is 1.79. The number of aliphatic imine (C=N–C) groups is 1. The first kappa shape index (κ1) is 16.8. The van der Waals surface area contributed by atoms with Crippen LogP contribution in [0.3, 0.4) is 0 Å². The Bertz CT molecular complexity index is 627. The molecular weight excluding hydrogens is 362 g/mol. The molecule has 2 aromatic rings. The zero-order valence-corrected chi connectivity index (χ0v) is 15.1. The molecule has 0 unspecified atom stereocenters. The minimum absolute atomic E-state index is 0.768. The van der Waals surface area contributed by atoms with Gasteiger partial charge in [0.15, 0.2) is 5.96 Å². The van der Waals surface area contributed by atoms with Crippen molar-refractivity contribution < 1.29 is 4.74 Å². The van der Waals surface area contributed by atoms with E-state index in [0.717, 1.165) is 35.7 Å². The SMILES string of the molecule is CN=C(NCCc1ccccc1OC)NCc1cc(Br)cs1. The summed E-state index contributed by atoms with van der Waals surface area (Å²) in [5.74, 6) is 1.73. The van der Waals surface area contributed by atoms with E-state index in [1.54, 1.807) is 25.5 Å². The van der Waals surface area contributed by atoms with Gasteiger partial charge < -0.3 is 15.4 Å². The Morgan fingerprint density at radius 3 is 2.82 bits per heavy atom. The van der Waals surface area contributed by atoms with E-state index >= 15 is 0 Å².